The molecule has 0 N–H and O–H groups in total. The van der Waals surface area contributed by atoms with Gasteiger partial charge in [-0.05, 0) is 60.1 Å². The molecule has 14 heteroatoms. The molecule has 4 rings (SSSR count). The molecule has 0 aromatic heterocycles. The van der Waals surface area contributed by atoms with Crippen molar-refractivity contribution in [3.05, 3.63) is 69.8 Å². The number of amides is 2. The predicted molar refractivity (Wildman–Crippen MR) is 144 cm³/mol. The number of carbonyl (C=O) groups excluding carboxylic acids is 4. The van der Waals surface area contributed by atoms with Gasteiger partial charge in [-0.2, -0.15) is 26.3 Å². The zero-order chi connectivity index (χ0) is 32.7. The van der Waals surface area contributed by atoms with Gasteiger partial charge in [0, 0.05) is 26.2 Å². The van der Waals surface area contributed by atoms with Crippen LogP contribution in [0, 0.1) is 0 Å². The molecule has 0 bridgehead atoms. The summed E-state index contributed by atoms with van der Waals surface area (Å²) in [5, 5.41) is 0. The molecule has 2 aromatic carbocycles. The lowest BCUT2D eigenvalue weighted by Crippen LogP contribution is -2.44. The fourth-order valence-electron chi connectivity index (χ4n) is 4.98. The second-order valence-electron chi connectivity index (χ2n) is 10.1. The molecule has 2 aromatic rings. The van der Waals surface area contributed by atoms with Crippen LogP contribution in [0.25, 0.3) is 0 Å². The molecule has 0 fully saturated rings. The lowest BCUT2D eigenvalue weighted by Gasteiger charge is -2.30. The SMILES string of the molecule is CCOC(=O)Cc1ccc2c(c1)CCN(C(=O)C(F)(F)F)C2.CCOC(=O)Cc1cccc2c1CN(C(=O)C(F)(F)F)CC2. The summed E-state index contributed by atoms with van der Waals surface area (Å²) in [5.41, 5.74) is 4.39. The predicted octanol–water partition coefficient (Wildman–Crippen LogP) is 4.48. The van der Waals surface area contributed by atoms with Crippen molar-refractivity contribution >= 4 is 23.8 Å². The molecular weight excluding hydrogens is 598 g/mol. The first kappa shape index (κ1) is 34.4. The van der Waals surface area contributed by atoms with E-state index in [0.29, 0.717) is 36.1 Å². The molecule has 2 heterocycles. The highest BCUT2D eigenvalue weighted by Gasteiger charge is 2.44. The Hall–Kier alpha value is -4.10. The van der Waals surface area contributed by atoms with E-state index in [1.807, 2.05) is 0 Å². The maximum Gasteiger partial charge on any atom is 0.471 e. The van der Waals surface area contributed by atoms with E-state index in [-0.39, 0.29) is 51.6 Å². The molecular formula is C30H32F6N2O6. The number of benzene rings is 2. The topological polar surface area (TPSA) is 93.2 Å². The Morgan fingerprint density at radius 3 is 1.82 bits per heavy atom. The first-order chi connectivity index (χ1) is 20.6. The number of halogens is 6. The van der Waals surface area contributed by atoms with Gasteiger partial charge in [-0.25, -0.2) is 0 Å². The molecule has 2 aliphatic rings. The smallest absolute Gasteiger partial charge is 0.466 e. The third-order valence-electron chi connectivity index (χ3n) is 7.01. The van der Waals surface area contributed by atoms with Crippen molar-refractivity contribution in [3.63, 3.8) is 0 Å². The maximum atomic E-state index is 12.6. The minimum absolute atomic E-state index is 0.00887. The number of esters is 2. The van der Waals surface area contributed by atoms with Crippen LogP contribution in [0.15, 0.2) is 36.4 Å². The van der Waals surface area contributed by atoms with Crippen LogP contribution in [0.5, 0.6) is 0 Å². The largest absolute Gasteiger partial charge is 0.471 e. The molecule has 44 heavy (non-hydrogen) atoms. The number of carbonyl (C=O) groups is 4. The number of ether oxygens (including phenoxy) is 2. The molecule has 0 saturated heterocycles. The van der Waals surface area contributed by atoms with E-state index in [4.69, 9.17) is 9.47 Å². The highest BCUT2D eigenvalue weighted by Crippen LogP contribution is 2.28. The molecule has 0 aliphatic carbocycles. The number of hydrogen-bond acceptors (Lipinski definition) is 6. The third-order valence-corrected chi connectivity index (χ3v) is 7.01. The number of fused-ring (bicyclic) bond motifs is 2. The van der Waals surface area contributed by atoms with Gasteiger partial charge in [0.2, 0.25) is 0 Å². The lowest BCUT2D eigenvalue weighted by atomic mass is 9.93. The highest BCUT2D eigenvalue weighted by molar-refractivity contribution is 5.83. The number of alkyl halides is 6. The Morgan fingerprint density at radius 2 is 1.25 bits per heavy atom. The average molecular weight is 631 g/mol. The second-order valence-corrected chi connectivity index (χ2v) is 10.1. The Bertz CT molecular complexity index is 1370. The minimum Gasteiger partial charge on any atom is -0.466 e. The fourth-order valence-corrected chi connectivity index (χ4v) is 4.98. The molecule has 2 amide bonds. The van der Waals surface area contributed by atoms with E-state index in [1.165, 1.54) is 0 Å². The van der Waals surface area contributed by atoms with Crippen molar-refractivity contribution in [1.82, 2.24) is 9.80 Å². The Kier molecular flexibility index (Phi) is 11.4. The summed E-state index contributed by atoms with van der Waals surface area (Å²) in [4.78, 5) is 47.2. The van der Waals surface area contributed by atoms with Gasteiger partial charge in [0.15, 0.2) is 0 Å². The molecule has 2 aliphatic heterocycles. The quantitative estimate of drug-likeness (QED) is 0.346. The van der Waals surface area contributed by atoms with Crippen molar-refractivity contribution < 1.29 is 55.0 Å². The summed E-state index contributed by atoms with van der Waals surface area (Å²) in [6.45, 7) is 3.79. The van der Waals surface area contributed by atoms with Crippen molar-refractivity contribution in [2.75, 3.05) is 26.3 Å². The van der Waals surface area contributed by atoms with Gasteiger partial charge in [0.25, 0.3) is 0 Å². The van der Waals surface area contributed by atoms with E-state index in [0.717, 1.165) is 26.5 Å². The molecule has 0 saturated carbocycles. The van der Waals surface area contributed by atoms with Crippen molar-refractivity contribution in [2.24, 2.45) is 0 Å². The van der Waals surface area contributed by atoms with Gasteiger partial charge in [-0.15, -0.1) is 0 Å². The van der Waals surface area contributed by atoms with Crippen molar-refractivity contribution in [1.29, 1.82) is 0 Å². The summed E-state index contributed by atoms with van der Waals surface area (Å²) in [7, 11) is 0. The van der Waals surface area contributed by atoms with Crippen molar-refractivity contribution in [2.45, 2.75) is 65.0 Å². The van der Waals surface area contributed by atoms with Gasteiger partial charge in [0.05, 0.1) is 26.1 Å². The highest BCUT2D eigenvalue weighted by atomic mass is 19.4. The normalized spacial score (nSPS) is 14.5. The van der Waals surface area contributed by atoms with Crippen LogP contribution in [0.1, 0.15) is 47.2 Å². The standard InChI is InChI=1S/2C15H16F3NO3/c1-2-22-13(20)8-10-3-4-12-9-19(6-5-11(12)7-10)14(21)15(16,17)18;1-2-22-13(20)8-11-5-3-4-10-6-7-19(9-12(10)11)14(21)15(16,17)18/h3-4,7H,2,5-6,8-9H2,1H3;3-5H,2,6-9H2,1H3. The molecule has 240 valence electrons. The maximum absolute atomic E-state index is 12.6. The molecule has 0 radical (unpaired) electrons. The monoisotopic (exact) mass is 630 g/mol. The molecule has 8 nitrogen and oxygen atoms in total. The van der Waals surface area contributed by atoms with Gasteiger partial charge in [-0.3, -0.25) is 19.2 Å². The van der Waals surface area contributed by atoms with Gasteiger partial charge >= 0.3 is 36.1 Å². The van der Waals surface area contributed by atoms with Gasteiger partial charge < -0.3 is 19.3 Å². The van der Waals surface area contributed by atoms with Crippen LogP contribution >= 0.6 is 0 Å². The summed E-state index contributed by atoms with van der Waals surface area (Å²) in [5.74, 6) is -4.43. The van der Waals surface area contributed by atoms with Crippen LogP contribution in [-0.2, 0) is 67.4 Å². The Labute approximate surface area is 249 Å². The first-order valence-electron chi connectivity index (χ1n) is 13.9. The molecule has 0 unspecified atom stereocenters. The number of nitrogens with zero attached hydrogens (tertiary/aromatic N) is 2. The zero-order valence-electron chi connectivity index (χ0n) is 24.1. The van der Waals surface area contributed by atoms with Crippen LogP contribution in [0.3, 0.4) is 0 Å². The van der Waals surface area contributed by atoms with Crippen molar-refractivity contribution in [3.8, 4) is 0 Å². The van der Waals surface area contributed by atoms with E-state index >= 15 is 0 Å². The van der Waals surface area contributed by atoms with Gasteiger partial charge in [-0.1, -0.05) is 36.4 Å². The van der Waals surface area contributed by atoms with Crippen LogP contribution in [0.4, 0.5) is 26.3 Å². The molecule has 0 spiro atoms. The van der Waals surface area contributed by atoms with E-state index in [1.54, 1.807) is 50.2 Å². The second kappa shape index (κ2) is 14.6. The summed E-state index contributed by atoms with van der Waals surface area (Å²) >= 11 is 0. The summed E-state index contributed by atoms with van der Waals surface area (Å²) in [6, 6.07) is 10.4. The Morgan fingerprint density at radius 1 is 0.705 bits per heavy atom. The van der Waals surface area contributed by atoms with Crippen LogP contribution < -0.4 is 0 Å². The lowest BCUT2D eigenvalue weighted by molar-refractivity contribution is -0.186. The number of rotatable bonds is 6. The van der Waals surface area contributed by atoms with E-state index in [9.17, 15) is 45.5 Å². The van der Waals surface area contributed by atoms with Gasteiger partial charge in [0.1, 0.15) is 0 Å². The zero-order valence-corrected chi connectivity index (χ0v) is 24.1. The van der Waals surface area contributed by atoms with Crippen LogP contribution in [-0.4, -0.2) is 72.2 Å². The minimum atomic E-state index is -4.88. The summed E-state index contributed by atoms with van der Waals surface area (Å²) < 4.78 is 84.7. The van der Waals surface area contributed by atoms with E-state index in [2.05, 4.69) is 0 Å². The first-order valence-corrected chi connectivity index (χ1v) is 13.9. The third kappa shape index (κ3) is 9.20. The Balaban J connectivity index is 0.000000240. The fraction of sp³-hybridized carbons (Fsp3) is 0.467. The number of hydrogen-bond donors (Lipinski definition) is 0. The average Bonchev–Trinajstić information content (AvgIpc) is 2.95. The van der Waals surface area contributed by atoms with E-state index < -0.39 is 30.1 Å². The molecule has 0 atom stereocenters. The van der Waals surface area contributed by atoms with Crippen LogP contribution in [0.2, 0.25) is 0 Å². The summed E-state index contributed by atoms with van der Waals surface area (Å²) in [6.07, 6.45) is -8.92.